The highest BCUT2D eigenvalue weighted by Crippen LogP contribution is 2.19. The van der Waals surface area contributed by atoms with Gasteiger partial charge >= 0.3 is 0 Å². The lowest BCUT2D eigenvalue weighted by atomic mass is 9.95. The van der Waals surface area contributed by atoms with Crippen LogP contribution in [0.3, 0.4) is 0 Å². The van der Waals surface area contributed by atoms with Crippen molar-refractivity contribution in [1.29, 1.82) is 0 Å². The number of aryl methyl sites for hydroxylation is 1. The normalized spacial score (nSPS) is 21.4. The number of benzene rings is 1. The zero-order chi connectivity index (χ0) is 17.8. The van der Waals surface area contributed by atoms with Crippen molar-refractivity contribution in [1.82, 2.24) is 21.1 Å². The number of hydrazine groups is 1. The second kappa shape index (κ2) is 7.93. The Morgan fingerprint density at radius 2 is 2.04 bits per heavy atom. The molecule has 2 fully saturated rings. The molecule has 2 aliphatic rings. The third-order valence-electron chi connectivity index (χ3n) is 5.01. The van der Waals surface area contributed by atoms with Crippen LogP contribution in [0.15, 0.2) is 18.2 Å². The van der Waals surface area contributed by atoms with Gasteiger partial charge in [0.25, 0.3) is 0 Å². The molecule has 2 heterocycles. The van der Waals surface area contributed by atoms with E-state index in [9.17, 15) is 14.0 Å². The van der Waals surface area contributed by atoms with Crippen LogP contribution < -0.4 is 16.2 Å². The summed E-state index contributed by atoms with van der Waals surface area (Å²) in [6.45, 7) is 4.05. The zero-order valence-electron chi connectivity index (χ0n) is 14.5. The van der Waals surface area contributed by atoms with Gasteiger partial charge in [0, 0.05) is 32.1 Å². The van der Waals surface area contributed by atoms with Gasteiger partial charge in [0.1, 0.15) is 11.9 Å². The van der Waals surface area contributed by atoms with E-state index in [1.807, 2.05) is 11.0 Å². The molecule has 3 N–H and O–H groups in total. The highest BCUT2D eigenvalue weighted by atomic mass is 19.1. The number of hydrogen-bond acceptors (Lipinski definition) is 4. The minimum Gasteiger partial charge on any atom is -0.352 e. The Kier molecular flexibility index (Phi) is 5.65. The Bertz CT molecular complexity index is 638. The summed E-state index contributed by atoms with van der Waals surface area (Å²) in [4.78, 5) is 26.5. The van der Waals surface area contributed by atoms with Crippen LogP contribution in [0.4, 0.5) is 4.39 Å². The van der Waals surface area contributed by atoms with E-state index in [0.29, 0.717) is 38.0 Å². The van der Waals surface area contributed by atoms with Crippen molar-refractivity contribution in [3.63, 3.8) is 0 Å². The first-order valence-corrected chi connectivity index (χ1v) is 8.84. The largest absolute Gasteiger partial charge is 0.352 e. The van der Waals surface area contributed by atoms with Crippen LogP contribution in [0.1, 0.15) is 30.4 Å². The molecule has 0 saturated carbocycles. The maximum Gasteiger partial charge on any atom is 0.241 e. The number of hydrogen-bond donors (Lipinski definition) is 3. The standard InChI is InChI=1S/C18H25FN4O2/c1-12-2-3-13(10-15(12)19)11-20-17(24)14-5-8-23(9-6-14)18(25)16-4-7-21-22-16/h2-3,10,14,16,21-22H,4-9,11H2,1H3,(H,20,24). The van der Waals surface area contributed by atoms with Gasteiger partial charge in [-0.1, -0.05) is 12.1 Å². The van der Waals surface area contributed by atoms with Crippen LogP contribution in [0.2, 0.25) is 0 Å². The summed E-state index contributed by atoms with van der Waals surface area (Å²) in [5.74, 6) is -0.254. The number of halogens is 1. The molecule has 0 radical (unpaired) electrons. The molecule has 2 amide bonds. The predicted molar refractivity (Wildman–Crippen MR) is 91.8 cm³/mol. The van der Waals surface area contributed by atoms with Crippen LogP contribution in [0.5, 0.6) is 0 Å². The van der Waals surface area contributed by atoms with Gasteiger partial charge < -0.3 is 10.2 Å². The van der Waals surface area contributed by atoms with Gasteiger partial charge in [-0.25, -0.2) is 9.82 Å². The lowest BCUT2D eigenvalue weighted by molar-refractivity contribution is -0.137. The van der Waals surface area contributed by atoms with Crippen LogP contribution in [-0.4, -0.2) is 42.4 Å². The molecule has 2 aliphatic heterocycles. The molecule has 0 aromatic heterocycles. The second-order valence-electron chi connectivity index (χ2n) is 6.81. The highest BCUT2D eigenvalue weighted by Gasteiger charge is 2.31. The van der Waals surface area contributed by atoms with Crippen LogP contribution in [0, 0.1) is 18.7 Å². The average molecular weight is 348 g/mol. The molecular formula is C18H25FN4O2. The molecule has 0 bridgehead atoms. The van der Waals surface area contributed by atoms with Crippen molar-refractivity contribution in [3.05, 3.63) is 35.1 Å². The number of nitrogens with zero attached hydrogens (tertiary/aromatic N) is 1. The van der Waals surface area contributed by atoms with E-state index < -0.39 is 0 Å². The molecule has 1 unspecified atom stereocenters. The molecule has 0 aliphatic carbocycles. The van der Waals surface area contributed by atoms with Crippen LogP contribution >= 0.6 is 0 Å². The SMILES string of the molecule is Cc1ccc(CNC(=O)C2CCN(C(=O)C3CCNN3)CC2)cc1F. The smallest absolute Gasteiger partial charge is 0.241 e. The molecule has 7 heteroatoms. The number of carbonyl (C=O) groups excluding carboxylic acids is 2. The molecule has 1 atom stereocenters. The van der Waals surface area contributed by atoms with Gasteiger partial charge in [-0.15, -0.1) is 0 Å². The second-order valence-corrected chi connectivity index (χ2v) is 6.81. The minimum atomic E-state index is -0.256. The summed E-state index contributed by atoms with van der Waals surface area (Å²) in [7, 11) is 0. The topological polar surface area (TPSA) is 73.5 Å². The molecule has 1 aromatic carbocycles. The Morgan fingerprint density at radius 1 is 1.28 bits per heavy atom. The van der Waals surface area contributed by atoms with E-state index in [1.165, 1.54) is 6.07 Å². The Labute approximate surface area is 147 Å². The predicted octanol–water partition coefficient (Wildman–Crippen LogP) is 0.855. The van der Waals surface area contributed by atoms with Gasteiger partial charge in [0.2, 0.25) is 11.8 Å². The summed E-state index contributed by atoms with van der Waals surface area (Å²) in [6.07, 6.45) is 2.13. The van der Waals surface area contributed by atoms with Crippen molar-refractivity contribution < 1.29 is 14.0 Å². The molecular weight excluding hydrogens is 323 g/mol. The number of likely N-dealkylation sites (tertiary alicyclic amines) is 1. The minimum absolute atomic E-state index is 0.0197. The number of carbonyl (C=O) groups is 2. The fourth-order valence-electron chi connectivity index (χ4n) is 3.33. The molecule has 136 valence electrons. The van der Waals surface area contributed by atoms with Crippen molar-refractivity contribution in [2.24, 2.45) is 5.92 Å². The van der Waals surface area contributed by atoms with Gasteiger partial charge in [0.15, 0.2) is 0 Å². The van der Waals surface area contributed by atoms with Gasteiger partial charge in [-0.05, 0) is 43.4 Å². The highest BCUT2D eigenvalue weighted by molar-refractivity contribution is 5.83. The molecule has 25 heavy (non-hydrogen) atoms. The lowest BCUT2D eigenvalue weighted by Crippen LogP contribution is -2.49. The monoisotopic (exact) mass is 348 g/mol. The molecule has 3 rings (SSSR count). The first-order chi connectivity index (χ1) is 12.0. The van der Waals surface area contributed by atoms with E-state index >= 15 is 0 Å². The molecule has 6 nitrogen and oxygen atoms in total. The summed E-state index contributed by atoms with van der Waals surface area (Å²) >= 11 is 0. The zero-order valence-corrected chi connectivity index (χ0v) is 14.5. The van der Waals surface area contributed by atoms with Crippen LogP contribution in [0.25, 0.3) is 0 Å². The van der Waals surface area contributed by atoms with Gasteiger partial charge in [-0.3, -0.25) is 15.0 Å². The first-order valence-electron chi connectivity index (χ1n) is 8.84. The first kappa shape index (κ1) is 17.8. The third kappa shape index (κ3) is 4.35. The fourth-order valence-corrected chi connectivity index (χ4v) is 3.33. The van der Waals surface area contributed by atoms with Crippen molar-refractivity contribution in [3.8, 4) is 0 Å². The maximum atomic E-state index is 13.5. The van der Waals surface area contributed by atoms with Crippen molar-refractivity contribution in [2.75, 3.05) is 19.6 Å². The lowest BCUT2D eigenvalue weighted by Gasteiger charge is -2.32. The number of nitrogens with one attached hydrogen (secondary N) is 3. The van der Waals surface area contributed by atoms with E-state index in [2.05, 4.69) is 16.2 Å². The van der Waals surface area contributed by atoms with Crippen molar-refractivity contribution in [2.45, 2.75) is 38.8 Å². The summed E-state index contributed by atoms with van der Waals surface area (Å²) in [5, 5.41) is 2.88. The fraction of sp³-hybridized carbons (Fsp3) is 0.556. The average Bonchev–Trinajstić information content (AvgIpc) is 3.16. The molecule has 0 spiro atoms. The number of rotatable bonds is 4. The quantitative estimate of drug-likeness (QED) is 0.754. The summed E-state index contributed by atoms with van der Waals surface area (Å²) in [5.41, 5.74) is 7.30. The summed E-state index contributed by atoms with van der Waals surface area (Å²) in [6, 6.07) is 4.84. The van der Waals surface area contributed by atoms with E-state index in [4.69, 9.17) is 0 Å². The Morgan fingerprint density at radius 3 is 2.68 bits per heavy atom. The van der Waals surface area contributed by atoms with Gasteiger partial charge in [-0.2, -0.15) is 0 Å². The number of amides is 2. The van der Waals surface area contributed by atoms with Crippen LogP contribution in [-0.2, 0) is 16.1 Å². The Balaban J connectivity index is 1.44. The van der Waals surface area contributed by atoms with E-state index in [1.54, 1.807) is 13.0 Å². The number of piperidine rings is 1. The maximum absolute atomic E-state index is 13.5. The third-order valence-corrected chi connectivity index (χ3v) is 5.01. The molecule has 1 aromatic rings. The van der Waals surface area contributed by atoms with E-state index in [-0.39, 0.29) is 29.6 Å². The van der Waals surface area contributed by atoms with E-state index in [0.717, 1.165) is 18.5 Å². The Hall–Kier alpha value is -1.99. The van der Waals surface area contributed by atoms with Crippen molar-refractivity contribution >= 4 is 11.8 Å². The van der Waals surface area contributed by atoms with Gasteiger partial charge in [0.05, 0.1) is 0 Å². The molecule has 2 saturated heterocycles. The summed E-state index contributed by atoms with van der Waals surface area (Å²) < 4.78 is 13.5.